The molecular formula is C16H22O4. The lowest BCUT2D eigenvalue weighted by Gasteiger charge is -2.05. The van der Waals surface area contributed by atoms with Crippen molar-refractivity contribution in [3.63, 3.8) is 0 Å². The molecule has 0 aromatic heterocycles. The lowest BCUT2D eigenvalue weighted by atomic mass is 10.1. The Hall–Kier alpha value is -1.84. The standard InChI is InChI=1S/C16H22O4/c1-2-3-4-5-12-20-15(17)11-8-13-6-9-14(10-7-13)16(18)19/h6-7,9-10H,2-5,8,11-12H2,1H3,(H,18,19). The Morgan fingerprint density at radius 2 is 1.80 bits per heavy atom. The maximum absolute atomic E-state index is 11.5. The largest absolute Gasteiger partial charge is 0.478 e. The summed E-state index contributed by atoms with van der Waals surface area (Å²) < 4.78 is 5.14. The molecule has 0 amide bonds. The second-order valence-corrected chi connectivity index (χ2v) is 4.78. The Balaban J connectivity index is 2.22. The van der Waals surface area contributed by atoms with Crippen LogP contribution >= 0.6 is 0 Å². The first-order valence-electron chi connectivity index (χ1n) is 7.11. The Labute approximate surface area is 119 Å². The lowest BCUT2D eigenvalue weighted by molar-refractivity contribution is -0.143. The predicted molar refractivity (Wildman–Crippen MR) is 76.8 cm³/mol. The highest BCUT2D eigenvalue weighted by atomic mass is 16.5. The summed E-state index contributed by atoms with van der Waals surface area (Å²) in [7, 11) is 0. The molecule has 0 spiro atoms. The highest BCUT2D eigenvalue weighted by Crippen LogP contribution is 2.08. The maximum atomic E-state index is 11.5. The molecule has 0 radical (unpaired) electrons. The third-order valence-corrected chi connectivity index (χ3v) is 3.08. The number of aromatic carboxylic acids is 1. The lowest BCUT2D eigenvalue weighted by Crippen LogP contribution is -2.07. The van der Waals surface area contributed by atoms with Crippen LogP contribution in [-0.4, -0.2) is 23.7 Å². The topological polar surface area (TPSA) is 63.6 Å². The van der Waals surface area contributed by atoms with Crippen molar-refractivity contribution in [2.45, 2.75) is 45.4 Å². The van der Waals surface area contributed by atoms with Gasteiger partial charge in [-0.3, -0.25) is 4.79 Å². The van der Waals surface area contributed by atoms with Gasteiger partial charge in [0.2, 0.25) is 0 Å². The first-order chi connectivity index (χ1) is 9.63. The number of ether oxygens (including phenoxy) is 1. The minimum atomic E-state index is -0.942. The van der Waals surface area contributed by atoms with Crippen LogP contribution in [0.4, 0.5) is 0 Å². The average Bonchev–Trinajstić information content (AvgIpc) is 2.45. The minimum Gasteiger partial charge on any atom is -0.478 e. The summed E-state index contributed by atoms with van der Waals surface area (Å²) in [5.41, 5.74) is 1.20. The van der Waals surface area contributed by atoms with Crippen LogP contribution < -0.4 is 0 Å². The summed E-state index contributed by atoms with van der Waals surface area (Å²) in [6.45, 7) is 2.64. The van der Waals surface area contributed by atoms with Crippen LogP contribution in [0.5, 0.6) is 0 Å². The number of unbranched alkanes of at least 4 members (excludes halogenated alkanes) is 3. The molecule has 0 aliphatic heterocycles. The summed E-state index contributed by atoms with van der Waals surface area (Å²) >= 11 is 0. The number of hydrogen-bond acceptors (Lipinski definition) is 3. The fourth-order valence-corrected chi connectivity index (χ4v) is 1.85. The van der Waals surface area contributed by atoms with Crippen molar-refractivity contribution in [2.75, 3.05) is 6.61 Å². The van der Waals surface area contributed by atoms with Crippen molar-refractivity contribution in [3.8, 4) is 0 Å². The molecule has 1 rings (SSSR count). The number of hydrogen-bond donors (Lipinski definition) is 1. The van der Waals surface area contributed by atoms with Crippen molar-refractivity contribution in [1.29, 1.82) is 0 Å². The number of benzene rings is 1. The quantitative estimate of drug-likeness (QED) is 0.555. The fourth-order valence-electron chi connectivity index (χ4n) is 1.85. The summed E-state index contributed by atoms with van der Waals surface area (Å²) in [5.74, 6) is -1.13. The molecule has 4 nitrogen and oxygen atoms in total. The molecule has 0 unspecified atom stereocenters. The molecule has 0 bridgehead atoms. The van der Waals surface area contributed by atoms with E-state index in [9.17, 15) is 9.59 Å². The second-order valence-electron chi connectivity index (χ2n) is 4.78. The van der Waals surface area contributed by atoms with E-state index in [1.807, 2.05) is 0 Å². The third-order valence-electron chi connectivity index (χ3n) is 3.08. The van der Waals surface area contributed by atoms with Gasteiger partial charge in [-0.05, 0) is 30.5 Å². The molecule has 110 valence electrons. The van der Waals surface area contributed by atoms with E-state index in [1.165, 1.54) is 12.8 Å². The van der Waals surface area contributed by atoms with Crippen LogP contribution in [-0.2, 0) is 16.0 Å². The Bertz CT molecular complexity index is 423. The first kappa shape index (κ1) is 16.2. The Kier molecular flexibility index (Phi) is 7.40. The zero-order chi connectivity index (χ0) is 14.8. The van der Waals surface area contributed by atoms with Crippen molar-refractivity contribution < 1.29 is 19.4 Å². The number of carbonyl (C=O) groups excluding carboxylic acids is 1. The van der Waals surface area contributed by atoms with Gasteiger partial charge in [0.05, 0.1) is 12.2 Å². The zero-order valence-electron chi connectivity index (χ0n) is 11.9. The van der Waals surface area contributed by atoms with Crippen LogP contribution in [0.3, 0.4) is 0 Å². The highest BCUT2D eigenvalue weighted by molar-refractivity contribution is 5.87. The molecule has 0 heterocycles. The van der Waals surface area contributed by atoms with E-state index in [4.69, 9.17) is 9.84 Å². The van der Waals surface area contributed by atoms with Gasteiger partial charge in [-0.15, -0.1) is 0 Å². The predicted octanol–water partition coefficient (Wildman–Crippen LogP) is 3.44. The molecular weight excluding hydrogens is 256 g/mol. The van der Waals surface area contributed by atoms with Crippen molar-refractivity contribution in [1.82, 2.24) is 0 Å². The molecule has 20 heavy (non-hydrogen) atoms. The summed E-state index contributed by atoms with van der Waals surface area (Å²) in [5, 5.41) is 8.78. The van der Waals surface area contributed by atoms with E-state index in [-0.39, 0.29) is 11.5 Å². The molecule has 0 fully saturated rings. The van der Waals surface area contributed by atoms with Gasteiger partial charge in [0.25, 0.3) is 0 Å². The van der Waals surface area contributed by atoms with E-state index in [2.05, 4.69) is 6.92 Å². The van der Waals surface area contributed by atoms with Gasteiger partial charge in [-0.1, -0.05) is 38.3 Å². The summed E-state index contributed by atoms with van der Waals surface area (Å²) in [6.07, 6.45) is 5.27. The van der Waals surface area contributed by atoms with Crippen LogP contribution in [0, 0.1) is 0 Å². The number of esters is 1. The highest BCUT2D eigenvalue weighted by Gasteiger charge is 2.05. The number of carboxylic acid groups (broad SMARTS) is 1. The van der Waals surface area contributed by atoms with Crippen LogP contribution in [0.1, 0.15) is 54.9 Å². The van der Waals surface area contributed by atoms with E-state index >= 15 is 0 Å². The number of carbonyl (C=O) groups is 2. The van der Waals surface area contributed by atoms with Crippen molar-refractivity contribution in [2.24, 2.45) is 0 Å². The van der Waals surface area contributed by atoms with Gasteiger partial charge in [-0.25, -0.2) is 4.79 Å². The molecule has 4 heteroatoms. The maximum Gasteiger partial charge on any atom is 0.335 e. The van der Waals surface area contributed by atoms with Gasteiger partial charge >= 0.3 is 11.9 Å². The number of rotatable bonds is 9. The van der Waals surface area contributed by atoms with Crippen LogP contribution in [0.2, 0.25) is 0 Å². The molecule has 0 saturated heterocycles. The van der Waals surface area contributed by atoms with E-state index in [1.54, 1.807) is 24.3 Å². The number of carboxylic acids is 1. The van der Waals surface area contributed by atoms with E-state index in [0.717, 1.165) is 18.4 Å². The Morgan fingerprint density at radius 3 is 2.40 bits per heavy atom. The summed E-state index contributed by atoms with van der Waals surface area (Å²) in [4.78, 5) is 22.2. The first-order valence-corrected chi connectivity index (χ1v) is 7.11. The summed E-state index contributed by atoms with van der Waals surface area (Å²) in [6, 6.07) is 6.57. The minimum absolute atomic E-state index is 0.191. The molecule has 1 aromatic rings. The third kappa shape index (κ3) is 6.36. The van der Waals surface area contributed by atoms with Crippen LogP contribution in [0.15, 0.2) is 24.3 Å². The second kappa shape index (κ2) is 9.13. The molecule has 0 aliphatic carbocycles. The van der Waals surface area contributed by atoms with Gasteiger partial charge in [0, 0.05) is 6.42 Å². The van der Waals surface area contributed by atoms with Crippen molar-refractivity contribution in [3.05, 3.63) is 35.4 Å². The monoisotopic (exact) mass is 278 g/mol. The van der Waals surface area contributed by atoms with Gasteiger partial charge in [-0.2, -0.15) is 0 Å². The normalized spacial score (nSPS) is 10.2. The molecule has 0 atom stereocenters. The zero-order valence-corrected chi connectivity index (χ0v) is 11.9. The van der Waals surface area contributed by atoms with E-state index in [0.29, 0.717) is 19.4 Å². The number of aryl methyl sites for hydroxylation is 1. The smallest absolute Gasteiger partial charge is 0.335 e. The van der Waals surface area contributed by atoms with Gasteiger partial charge in [0.1, 0.15) is 0 Å². The van der Waals surface area contributed by atoms with Crippen LogP contribution in [0.25, 0.3) is 0 Å². The van der Waals surface area contributed by atoms with Gasteiger partial charge in [0.15, 0.2) is 0 Å². The average molecular weight is 278 g/mol. The molecule has 0 aliphatic rings. The molecule has 0 saturated carbocycles. The van der Waals surface area contributed by atoms with Crippen molar-refractivity contribution >= 4 is 11.9 Å². The fraction of sp³-hybridized carbons (Fsp3) is 0.500. The Morgan fingerprint density at radius 1 is 1.10 bits per heavy atom. The van der Waals surface area contributed by atoms with Gasteiger partial charge < -0.3 is 9.84 Å². The molecule has 1 aromatic carbocycles. The molecule has 1 N–H and O–H groups in total. The van der Waals surface area contributed by atoms with E-state index < -0.39 is 5.97 Å². The SMILES string of the molecule is CCCCCCOC(=O)CCc1ccc(C(=O)O)cc1.